The van der Waals surface area contributed by atoms with E-state index in [1.54, 1.807) is 12.1 Å². The minimum atomic E-state index is -0.892. The number of hydrogen-bond acceptors (Lipinski definition) is 1. The predicted octanol–water partition coefficient (Wildman–Crippen LogP) is 4.64. The van der Waals surface area contributed by atoms with Crippen molar-refractivity contribution in [1.29, 1.82) is 0 Å². The van der Waals surface area contributed by atoms with Gasteiger partial charge in [0.05, 0.1) is 2.43 Å². The molecule has 0 spiro atoms. The van der Waals surface area contributed by atoms with Crippen LogP contribution in [-0.4, -0.2) is 13.5 Å². The summed E-state index contributed by atoms with van der Waals surface area (Å²) in [5.74, 6) is -0.892. The van der Waals surface area contributed by atoms with Gasteiger partial charge in [-0.05, 0) is 5.56 Å². The SMILES string of the molecule is Cc1[c-]ccc(Br)c1.Cc1[c-]ccc(C(=O)O)c1.ICI.I[I-]I.[Y].[Y]. The fourth-order valence-electron chi connectivity index (χ4n) is 1.27. The van der Waals surface area contributed by atoms with Crippen LogP contribution in [0.15, 0.2) is 40.9 Å². The van der Waals surface area contributed by atoms with Gasteiger partial charge in [0.1, 0.15) is 0 Å². The van der Waals surface area contributed by atoms with Crippen LogP contribution in [0.25, 0.3) is 0 Å². The van der Waals surface area contributed by atoms with Gasteiger partial charge in [0.25, 0.3) is 0 Å². The number of benzene rings is 2. The van der Waals surface area contributed by atoms with E-state index >= 15 is 0 Å². The molecule has 2 rings (SSSR count). The van der Waals surface area contributed by atoms with Crippen molar-refractivity contribution in [3.63, 3.8) is 0 Å². The number of hydrogen-bond donors (Lipinski definition) is 1. The van der Waals surface area contributed by atoms with Gasteiger partial charge in [-0.2, -0.15) is 59.7 Å². The van der Waals surface area contributed by atoms with Crippen molar-refractivity contribution in [3.8, 4) is 0 Å². The molecular weight excluding hydrogens is 1120 g/mol. The molecule has 142 valence electrons. The molecule has 0 aliphatic carbocycles. The Bertz CT molecular complexity index is 573. The molecule has 0 saturated heterocycles. The summed E-state index contributed by atoms with van der Waals surface area (Å²) in [7, 11) is 0. The molecule has 0 atom stereocenters. The van der Waals surface area contributed by atoms with Crippen molar-refractivity contribution < 1.29 is 88.6 Å². The van der Waals surface area contributed by atoms with Gasteiger partial charge in [-0.15, -0.1) is 0 Å². The Kier molecular flexibility index (Phi) is 39.4. The van der Waals surface area contributed by atoms with E-state index in [4.69, 9.17) is 5.11 Å². The molecule has 10 heteroatoms. The molecule has 0 bridgehead atoms. The van der Waals surface area contributed by atoms with Crippen LogP contribution in [0.5, 0.6) is 0 Å². The third-order valence-corrected chi connectivity index (χ3v) is 2.59. The molecule has 2 aromatic rings. The molecule has 0 unspecified atom stereocenters. The molecule has 0 aliphatic rings. The van der Waals surface area contributed by atoms with Gasteiger partial charge in [0, 0.05) is 65.4 Å². The summed E-state index contributed by atoms with van der Waals surface area (Å²) in [4.78, 5) is 10.3. The standard InChI is InChI=1S/C8H7O2.C7H6Br.CH2I2.I3.2Y/c1-6-3-2-4-7(5-6)8(9)10;1-6-3-2-4-7(8)5-6;2-1-3;1-3-2;;/h2,4-5H,1H3,(H,9,10);2,4-5H,1H3;1H2;;;/q2*-1;;-1;;. The largest absolute Gasteiger partial charge is 0 e. The minimum absolute atomic E-state index is 0. The number of alkyl halides is 2. The molecule has 0 amide bonds. The molecule has 1 N–H and O–H groups in total. The third-order valence-electron chi connectivity index (χ3n) is 2.10. The number of aryl methyl sites for hydroxylation is 2. The van der Waals surface area contributed by atoms with Crippen LogP contribution >= 0.6 is 98.3 Å². The number of rotatable bonds is 1. The normalized spacial score (nSPS) is 7.96. The van der Waals surface area contributed by atoms with E-state index in [2.05, 4.69) is 110 Å². The first kappa shape index (κ1) is 37.6. The first-order valence-electron chi connectivity index (χ1n) is 6.16. The minimum Gasteiger partial charge on any atom is 0 e. The van der Waals surface area contributed by atoms with Crippen molar-refractivity contribution in [3.05, 3.63) is 69.7 Å². The third kappa shape index (κ3) is 26.3. The Balaban J connectivity index is -0.000000137. The van der Waals surface area contributed by atoms with E-state index in [0.717, 1.165) is 10.0 Å². The number of carbonyl (C=O) groups is 1. The summed E-state index contributed by atoms with van der Waals surface area (Å²) in [6, 6.07) is 16.5. The van der Waals surface area contributed by atoms with Crippen molar-refractivity contribution in [2.75, 3.05) is 2.43 Å². The van der Waals surface area contributed by atoms with Gasteiger partial charge in [-0.1, -0.05) is 79.4 Å². The van der Waals surface area contributed by atoms with E-state index in [-0.39, 0.29) is 65.4 Å². The summed E-state index contributed by atoms with van der Waals surface area (Å²) in [5.41, 5.74) is 2.33. The topological polar surface area (TPSA) is 37.3 Å². The molecular formula is C16H15BrI5O2Y2-3. The van der Waals surface area contributed by atoms with Crippen LogP contribution in [-0.2, 0) is 65.4 Å². The fourth-order valence-corrected chi connectivity index (χ4v) is 1.74. The predicted molar refractivity (Wildman–Crippen MR) is 136 cm³/mol. The summed E-state index contributed by atoms with van der Waals surface area (Å²) in [6.07, 6.45) is 0. The summed E-state index contributed by atoms with van der Waals surface area (Å²) < 4.78 is 2.31. The van der Waals surface area contributed by atoms with E-state index in [9.17, 15) is 4.79 Å². The van der Waals surface area contributed by atoms with Crippen LogP contribution in [0.1, 0.15) is 21.5 Å². The van der Waals surface area contributed by atoms with E-state index in [0.29, 0.717) is 18.8 Å². The number of carboxylic acids is 1. The molecule has 2 aromatic carbocycles. The molecule has 0 saturated carbocycles. The maximum absolute atomic E-state index is 10.3. The van der Waals surface area contributed by atoms with Gasteiger partial charge in [-0.25, -0.2) is 4.79 Å². The second-order valence-corrected chi connectivity index (χ2v) is 25.5. The maximum Gasteiger partial charge on any atom is 0 e. The van der Waals surface area contributed by atoms with Crippen LogP contribution in [0, 0.1) is 26.0 Å². The molecule has 0 aromatic heterocycles. The van der Waals surface area contributed by atoms with Crippen molar-refractivity contribution in [2.24, 2.45) is 0 Å². The van der Waals surface area contributed by atoms with Crippen LogP contribution < -0.4 is 13.3 Å². The Morgan fingerprint density at radius 1 is 1.08 bits per heavy atom. The second kappa shape index (κ2) is 27.3. The molecule has 0 heterocycles. The van der Waals surface area contributed by atoms with Crippen molar-refractivity contribution >= 4 is 104 Å². The zero-order chi connectivity index (χ0) is 19.0. The van der Waals surface area contributed by atoms with E-state index in [1.807, 2.05) is 32.0 Å². The average molecular weight is 1130 g/mol. The smallest absolute Gasteiger partial charge is 0 e. The summed E-state index contributed by atoms with van der Waals surface area (Å²) in [5, 5.41) is 8.50. The zero-order valence-electron chi connectivity index (χ0n) is 13.9. The molecule has 2 radical (unpaired) electrons. The van der Waals surface area contributed by atoms with Crippen molar-refractivity contribution in [1.82, 2.24) is 0 Å². The van der Waals surface area contributed by atoms with E-state index < -0.39 is 5.97 Å². The first-order valence-corrected chi connectivity index (χ1v) is 22.6. The monoisotopic (exact) mass is 1130 g/mol. The van der Waals surface area contributed by atoms with Crippen LogP contribution in [0.3, 0.4) is 0 Å². The molecule has 26 heavy (non-hydrogen) atoms. The van der Waals surface area contributed by atoms with Crippen molar-refractivity contribution in [2.45, 2.75) is 13.8 Å². The fraction of sp³-hybridized carbons (Fsp3) is 0.188. The number of aromatic carboxylic acids is 1. The van der Waals surface area contributed by atoms with Gasteiger partial charge < -0.3 is 5.11 Å². The Morgan fingerprint density at radius 2 is 1.46 bits per heavy atom. The van der Waals surface area contributed by atoms with Gasteiger partial charge >= 0.3 is 56.5 Å². The zero-order valence-corrected chi connectivity index (χ0v) is 32.0. The first-order chi connectivity index (χ1) is 11.3. The maximum atomic E-state index is 10.3. The summed E-state index contributed by atoms with van der Waals surface area (Å²) >= 11 is 13.2. The van der Waals surface area contributed by atoms with Gasteiger partial charge in [-0.3, -0.25) is 0 Å². The quantitative estimate of drug-likeness (QED) is 0.257. The Labute approximate surface area is 272 Å². The molecule has 0 aliphatic heterocycles. The summed E-state index contributed by atoms with van der Waals surface area (Å²) in [6.45, 7) is 3.83. The average Bonchev–Trinajstić information content (AvgIpc) is 2.49. The van der Waals surface area contributed by atoms with Crippen LogP contribution in [0.2, 0.25) is 0 Å². The van der Waals surface area contributed by atoms with Gasteiger partial charge in [0.15, 0.2) is 0 Å². The second-order valence-electron chi connectivity index (χ2n) is 3.91. The number of halogens is 6. The molecule has 0 fully saturated rings. The Hall–Kier alpha value is 4.25. The molecule has 2 nitrogen and oxygen atoms in total. The van der Waals surface area contributed by atoms with E-state index in [1.165, 1.54) is 14.1 Å². The van der Waals surface area contributed by atoms with Gasteiger partial charge in [0.2, 0.25) is 0 Å². The number of carboxylic acid groups (broad SMARTS) is 1. The van der Waals surface area contributed by atoms with Crippen LogP contribution in [0.4, 0.5) is 0 Å². The Morgan fingerprint density at radius 3 is 1.69 bits per heavy atom.